The van der Waals surface area contributed by atoms with Crippen LogP contribution in [0.15, 0.2) is 42.1 Å². The second-order valence-corrected chi connectivity index (χ2v) is 9.04. The number of nitrogens with zero attached hydrogens (tertiary/aromatic N) is 3. The van der Waals surface area contributed by atoms with Gasteiger partial charge in [-0.2, -0.15) is 0 Å². The van der Waals surface area contributed by atoms with Crippen LogP contribution < -0.4 is 4.90 Å². The van der Waals surface area contributed by atoms with Gasteiger partial charge in [-0.3, -0.25) is 4.90 Å². The molecule has 6 nitrogen and oxygen atoms in total. The summed E-state index contributed by atoms with van der Waals surface area (Å²) in [6, 6.07) is 12.8. The normalized spacial score (nSPS) is 15.3. The SMILES string of the molecule is CCCCCCCCn1c2ccc(C=C3C(=O)OC(=O)N3C)cc2c2cc(N(C)C)ccc21. The average molecular weight is 448 g/mol. The lowest BCUT2D eigenvalue weighted by Gasteiger charge is -2.13. The summed E-state index contributed by atoms with van der Waals surface area (Å²) in [5.74, 6) is -0.608. The molecule has 1 amide bonds. The van der Waals surface area contributed by atoms with Crippen LogP contribution in [0.5, 0.6) is 0 Å². The summed E-state index contributed by atoms with van der Waals surface area (Å²) < 4.78 is 7.13. The zero-order valence-corrected chi connectivity index (χ0v) is 20.1. The Balaban J connectivity index is 1.73. The van der Waals surface area contributed by atoms with Crippen LogP contribution in [0.4, 0.5) is 10.5 Å². The van der Waals surface area contributed by atoms with Gasteiger partial charge in [0.1, 0.15) is 5.70 Å². The second-order valence-electron chi connectivity index (χ2n) is 9.04. The summed E-state index contributed by atoms with van der Waals surface area (Å²) in [5.41, 5.74) is 4.68. The molecule has 3 aromatic rings. The molecule has 0 N–H and O–H groups in total. The number of benzene rings is 2. The number of rotatable bonds is 9. The van der Waals surface area contributed by atoms with E-state index in [1.807, 2.05) is 20.2 Å². The van der Waals surface area contributed by atoms with Crippen molar-refractivity contribution in [3.8, 4) is 0 Å². The van der Waals surface area contributed by atoms with Crippen molar-refractivity contribution in [1.29, 1.82) is 0 Å². The maximum atomic E-state index is 12.0. The molecule has 2 aromatic carbocycles. The van der Waals surface area contributed by atoms with Crippen LogP contribution in [0.2, 0.25) is 0 Å². The van der Waals surface area contributed by atoms with Crippen molar-refractivity contribution >= 4 is 45.6 Å². The highest BCUT2D eigenvalue weighted by molar-refractivity contribution is 6.11. The Labute approximate surface area is 195 Å². The predicted octanol–water partition coefficient (Wildman–Crippen LogP) is 6.17. The van der Waals surface area contributed by atoms with Crippen molar-refractivity contribution in [2.24, 2.45) is 0 Å². The maximum Gasteiger partial charge on any atom is 0.422 e. The summed E-state index contributed by atoms with van der Waals surface area (Å²) in [6.45, 7) is 3.23. The van der Waals surface area contributed by atoms with Gasteiger partial charge in [0.2, 0.25) is 0 Å². The number of carbonyl (C=O) groups excluding carboxylic acids is 2. The van der Waals surface area contributed by atoms with Crippen molar-refractivity contribution < 1.29 is 14.3 Å². The average Bonchev–Trinajstić information content (AvgIpc) is 3.23. The second kappa shape index (κ2) is 9.69. The highest BCUT2D eigenvalue weighted by Gasteiger charge is 2.32. The van der Waals surface area contributed by atoms with Gasteiger partial charge in [-0.15, -0.1) is 0 Å². The van der Waals surface area contributed by atoms with Crippen molar-refractivity contribution in [3.05, 3.63) is 47.7 Å². The zero-order chi connectivity index (χ0) is 23.5. The van der Waals surface area contributed by atoms with E-state index in [-0.39, 0.29) is 5.70 Å². The number of likely N-dealkylation sites (N-methyl/N-ethyl adjacent to an activating group) is 1. The summed E-state index contributed by atoms with van der Waals surface area (Å²) in [5, 5.41) is 2.34. The van der Waals surface area contributed by atoms with E-state index in [4.69, 9.17) is 4.74 Å². The van der Waals surface area contributed by atoms with Crippen LogP contribution in [0.3, 0.4) is 0 Å². The van der Waals surface area contributed by atoms with E-state index in [0.29, 0.717) is 0 Å². The molecule has 0 saturated carbocycles. The molecule has 1 aliphatic heterocycles. The number of esters is 1. The molecule has 1 fully saturated rings. The van der Waals surface area contributed by atoms with Crippen molar-refractivity contribution in [2.45, 2.75) is 52.0 Å². The van der Waals surface area contributed by atoms with E-state index >= 15 is 0 Å². The molecule has 0 atom stereocenters. The molecular weight excluding hydrogens is 414 g/mol. The van der Waals surface area contributed by atoms with Crippen LogP contribution in [0, 0.1) is 0 Å². The lowest BCUT2D eigenvalue weighted by molar-refractivity contribution is -0.130. The molecule has 6 heteroatoms. The minimum Gasteiger partial charge on any atom is -0.378 e. The fourth-order valence-corrected chi connectivity index (χ4v) is 4.52. The number of aryl methyl sites for hydroxylation is 1. The third-order valence-corrected chi connectivity index (χ3v) is 6.45. The lowest BCUT2D eigenvalue weighted by Crippen LogP contribution is -2.16. The molecule has 0 unspecified atom stereocenters. The van der Waals surface area contributed by atoms with E-state index in [1.165, 1.54) is 53.4 Å². The van der Waals surface area contributed by atoms with Gasteiger partial charge in [0.15, 0.2) is 0 Å². The molecule has 2 heterocycles. The number of carbonyl (C=O) groups is 2. The first-order valence-corrected chi connectivity index (χ1v) is 11.9. The first-order chi connectivity index (χ1) is 15.9. The number of cyclic esters (lactones) is 2. The largest absolute Gasteiger partial charge is 0.422 e. The van der Waals surface area contributed by atoms with E-state index < -0.39 is 12.1 Å². The van der Waals surface area contributed by atoms with E-state index in [0.717, 1.165) is 29.6 Å². The topological polar surface area (TPSA) is 54.8 Å². The van der Waals surface area contributed by atoms with Crippen molar-refractivity contribution in [3.63, 3.8) is 0 Å². The minimum absolute atomic E-state index is 0.254. The quantitative estimate of drug-likeness (QED) is 0.170. The van der Waals surface area contributed by atoms with Gasteiger partial charge >= 0.3 is 12.1 Å². The molecule has 0 radical (unpaired) electrons. The van der Waals surface area contributed by atoms with Gasteiger partial charge < -0.3 is 14.2 Å². The lowest BCUT2D eigenvalue weighted by atomic mass is 10.1. The number of unbranched alkanes of at least 4 members (excludes halogenated alkanes) is 5. The number of hydrogen-bond acceptors (Lipinski definition) is 4. The molecule has 174 valence electrons. The predicted molar refractivity (Wildman–Crippen MR) is 134 cm³/mol. The Bertz CT molecular complexity index is 1220. The standard InChI is InChI=1S/C27H33N3O3/c1-5-6-7-8-9-10-15-30-23-13-11-19(17-25-26(31)33-27(32)29(25)4)16-21(23)22-18-20(28(2)3)12-14-24(22)30/h11-14,16-18H,5-10,15H2,1-4H3. The molecule has 4 rings (SSSR count). The van der Waals surface area contributed by atoms with E-state index in [9.17, 15) is 9.59 Å². The number of hydrogen-bond donors (Lipinski definition) is 0. The maximum absolute atomic E-state index is 12.0. The van der Waals surface area contributed by atoms with Crippen molar-refractivity contribution in [2.75, 3.05) is 26.0 Å². The Morgan fingerprint density at radius 2 is 1.58 bits per heavy atom. The molecular formula is C27H33N3O3. The van der Waals surface area contributed by atoms with Crippen LogP contribution >= 0.6 is 0 Å². The van der Waals surface area contributed by atoms with Gasteiger partial charge in [0.25, 0.3) is 0 Å². The Morgan fingerprint density at radius 3 is 2.24 bits per heavy atom. The van der Waals surface area contributed by atoms with Gasteiger partial charge in [0, 0.05) is 55.2 Å². The van der Waals surface area contributed by atoms with Crippen LogP contribution in [-0.2, 0) is 16.1 Å². The molecule has 1 aliphatic rings. The summed E-state index contributed by atoms with van der Waals surface area (Å²) in [7, 11) is 5.64. The summed E-state index contributed by atoms with van der Waals surface area (Å²) >= 11 is 0. The van der Waals surface area contributed by atoms with Crippen LogP contribution in [-0.4, -0.2) is 42.7 Å². The molecule has 1 aromatic heterocycles. The van der Waals surface area contributed by atoms with Crippen molar-refractivity contribution in [1.82, 2.24) is 9.47 Å². The van der Waals surface area contributed by atoms with Gasteiger partial charge in [0.05, 0.1) is 0 Å². The highest BCUT2D eigenvalue weighted by atomic mass is 16.6. The van der Waals surface area contributed by atoms with Gasteiger partial charge in [-0.1, -0.05) is 45.1 Å². The highest BCUT2D eigenvalue weighted by Crippen LogP contribution is 2.33. The number of aromatic nitrogens is 1. The van der Waals surface area contributed by atoms with E-state index in [2.05, 4.69) is 46.7 Å². The smallest absolute Gasteiger partial charge is 0.378 e. The fourth-order valence-electron chi connectivity index (χ4n) is 4.52. The van der Waals surface area contributed by atoms with Gasteiger partial charge in [-0.05, 0) is 48.4 Å². The third kappa shape index (κ3) is 4.61. The Morgan fingerprint density at radius 1 is 0.909 bits per heavy atom. The Hall–Kier alpha value is -3.28. The first-order valence-electron chi connectivity index (χ1n) is 11.9. The number of fused-ring (bicyclic) bond motifs is 3. The molecule has 0 spiro atoms. The third-order valence-electron chi connectivity index (χ3n) is 6.45. The Kier molecular flexibility index (Phi) is 6.72. The minimum atomic E-state index is -0.640. The summed E-state index contributed by atoms with van der Waals surface area (Å²) in [6.07, 6.45) is 8.66. The first kappa shape index (κ1) is 22.9. The van der Waals surface area contributed by atoms with Crippen LogP contribution in [0.25, 0.3) is 27.9 Å². The molecule has 0 bridgehead atoms. The number of anilines is 1. The van der Waals surface area contributed by atoms with Crippen LogP contribution in [0.1, 0.15) is 51.0 Å². The summed E-state index contributed by atoms with van der Waals surface area (Å²) in [4.78, 5) is 27.1. The monoisotopic (exact) mass is 447 g/mol. The van der Waals surface area contributed by atoms with E-state index in [1.54, 1.807) is 13.1 Å². The molecule has 0 aliphatic carbocycles. The zero-order valence-electron chi connectivity index (χ0n) is 20.1. The van der Waals surface area contributed by atoms with Gasteiger partial charge in [-0.25, -0.2) is 9.59 Å². The molecule has 1 saturated heterocycles. The fraction of sp³-hybridized carbons (Fsp3) is 0.407. The molecule has 33 heavy (non-hydrogen) atoms. The number of ether oxygens (including phenoxy) is 1. The number of amides is 1.